The first kappa shape index (κ1) is 14.6. The summed E-state index contributed by atoms with van der Waals surface area (Å²) in [4.78, 5) is 23.3. The number of anilines is 1. The molecule has 2 aromatic carbocycles. The molecule has 0 radical (unpaired) electrons. The molecule has 1 aromatic heterocycles. The van der Waals surface area contributed by atoms with Gasteiger partial charge in [0.25, 0.3) is 5.91 Å². The fourth-order valence-corrected chi connectivity index (χ4v) is 2.26. The summed E-state index contributed by atoms with van der Waals surface area (Å²) in [5, 5.41) is 11.9. The van der Waals surface area contributed by atoms with E-state index in [0.29, 0.717) is 22.4 Å². The Morgan fingerprint density at radius 3 is 2.48 bits per heavy atom. The second kappa shape index (κ2) is 6.19. The van der Waals surface area contributed by atoms with Gasteiger partial charge in [0.1, 0.15) is 0 Å². The number of amides is 1. The van der Waals surface area contributed by atoms with E-state index in [0.717, 1.165) is 0 Å². The molecule has 0 unspecified atom stereocenters. The van der Waals surface area contributed by atoms with E-state index in [1.165, 1.54) is 6.26 Å². The largest absolute Gasteiger partial charge is 0.475 e. The van der Waals surface area contributed by atoms with E-state index in [4.69, 9.17) is 9.52 Å². The smallest absolute Gasteiger partial charge is 0.372 e. The van der Waals surface area contributed by atoms with Crippen LogP contribution in [0.1, 0.15) is 20.9 Å². The number of nitrogens with one attached hydrogen (secondary N) is 1. The van der Waals surface area contributed by atoms with Gasteiger partial charge in [0.15, 0.2) is 0 Å². The summed E-state index contributed by atoms with van der Waals surface area (Å²) in [5.41, 5.74) is 2.25. The fraction of sp³-hybridized carbons (Fsp3) is 0. The van der Waals surface area contributed by atoms with Crippen LogP contribution in [0.4, 0.5) is 5.69 Å². The van der Waals surface area contributed by atoms with Crippen LogP contribution in [0.5, 0.6) is 0 Å². The highest BCUT2D eigenvalue weighted by molar-refractivity contribution is 6.04. The first-order valence-electron chi connectivity index (χ1n) is 6.93. The molecule has 0 bridgehead atoms. The number of furan rings is 1. The van der Waals surface area contributed by atoms with E-state index < -0.39 is 5.97 Å². The average Bonchev–Trinajstić information content (AvgIpc) is 3.06. The molecule has 0 aliphatic carbocycles. The summed E-state index contributed by atoms with van der Waals surface area (Å²) in [6, 6.07) is 17.4. The minimum absolute atomic E-state index is 0.128. The number of hydrogen-bond donors (Lipinski definition) is 2. The minimum Gasteiger partial charge on any atom is -0.475 e. The third-order valence-corrected chi connectivity index (χ3v) is 3.33. The highest BCUT2D eigenvalue weighted by atomic mass is 16.4. The topological polar surface area (TPSA) is 79.5 Å². The lowest BCUT2D eigenvalue weighted by molar-refractivity contribution is 0.0663. The molecule has 5 heteroatoms. The van der Waals surface area contributed by atoms with Gasteiger partial charge in [-0.15, -0.1) is 0 Å². The molecule has 3 aromatic rings. The molecule has 114 valence electrons. The van der Waals surface area contributed by atoms with E-state index in [9.17, 15) is 9.59 Å². The molecular formula is C18H13NO4. The Kier molecular flexibility index (Phi) is 3.93. The number of carboxylic acid groups (broad SMARTS) is 1. The molecule has 0 fully saturated rings. The van der Waals surface area contributed by atoms with Crippen molar-refractivity contribution in [2.24, 2.45) is 0 Å². The van der Waals surface area contributed by atoms with Gasteiger partial charge in [0.2, 0.25) is 5.76 Å². The first-order valence-corrected chi connectivity index (χ1v) is 6.93. The molecule has 0 spiro atoms. The van der Waals surface area contributed by atoms with Crippen molar-refractivity contribution in [1.82, 2.24) is 0 Å². The lowest BCUT2D eigenvalue weighted by atomic mass is 10.1. The molecule has 0 saturated carbocycles. The maximum Gasteiger partial charge on any atom is 0.372 e. The van der Waals surface area contributed by atoms with Gasteiger partial charge in [0.05, 0.1) is 6.26 Å². The predicted octanol–water partition coefficient (Wildman–Crippen LogP) is 3.90. The Morgan fingerprint density at radius 2 is 1.74 bits per heavy atom. The van der Waals surface area contributed by atoms with Crippen molar-refractivity contribution in [3.05, 3.63) is 78.3 Å². The van der Waals surface area contributed by atoms with Crippen molar-refractivity contribution in [2.45, 2.75) is 0 Å². The van der Waals surface area contributed by atoms with Crippen LogP contribution in [0.15, 0.2) is 71.3 Å². The van der Waals surface area contributed by atoms with E-state index in [2.05, 4.69) is 5.32 Å². The van der Waals surface area contributed by atoms with E-state index in [1.54, 1.807) is 54.6 Å². The maximum atomic E-state index is 12.2. The highest BCUT2D eigenvalue weighted by Gasteiger charge is 2.16. The number of aromatic carboxylic acids is 1. The van der Waals surface area contributed by atoms with Crippen molar-refractivity contribution in [1.29, 1.82) is 0 Å². The normalized spacial score (nSPS) is 10.3. The fourth-order valence-electron chi connectivity index (χ4n) is 2.26. The highest BCUT2D eigenvalue weighted by Crippen LogP contribution is 2.27. The molecule has 3 rings (SSSR count). The number of rotatable bonds is 4. The van der Waals surface area contributed by atoms with E-state index >= 15 is 0 Å². The van der Waals surface area contributed by atoms with Crippen LogP contribution in [0.3, 0.4) is 0 Å². The monoisotopic (exact) mass is 307 g/mol. The molecule has 0 aliphatic heterocycles. The molecule has 2 N–H and O–H groups in total. The lowest BCUT2D eigenvalue weighted by Gasteiger charge is -2.07. The van der Waals surface area contributed by atoms with Crippen molar-refractivity contribution in [3.8, 4) is 11.1 Å². The Morgan fingerprint density at radius 1 is 0.957 bits per heavy atom. The van der Waals surface area contributed by atoms with Gasteiger partial charge in [-0.05, 0) is 35.9 Å². The van der Waals surface area contributed by atoms with Crippen LogP contribution in [-0.2, 0) is 0 Å². The quantitative estimate of drug-likeness (QED) is 0.766. The first-order chi connectivity index (χ1) is 11.1. The van der Waals surface area contributed by atoms with Crippen LogP contribution < -0.4 is 5.32 Å². The summed E-state index contributed by atoms with van der Waals surface area (Å²) in [6.07, 6.45) is 1.33. The summed E-state index contributed by atoms with van der Waals surface area (Å²) in [6.45, 7) is 0. The van der Waals surface area contributed by atoms with E-state index in [1.807, 2.05) is 6.07 Å². The Bertz CT molecular complexity index is 852. The molecule has 5 nitrogen and oxygen atoms in total. The molecule has 23 heavy (non-hydrogen) atoms. The van der Waals surface area contributed by atoms with Gasteiger partial charge < -0.3 is 14.8 Å². The van der Waals surface area contributed by atoms with Crippen molar-refractivity contribution < 1.29 is 19.1 Å². The Hall–Kier alpha value is -3.34. The Balaban J connectivity index is 1.87. The standard InChI is InChI=1S/C18H13NO4/c20-17(12-5-2-1-3-6-12)19-14-8-4-7-13(11-14)15-9-10-23-16(15)18(21)22/h1-11H,(H,19,20)(H,21,22). The Labute approximate surface area is 132 Å². The van der Waals surface area contributed by atoms with Gasteiger partial charge in [-0.1, -0.05) is 30.3 Å². The molecule has 1 heterocycles. The number of carbonyl (C=O) groups excluding carboxylic acids is 1. The summed E-state index contributed by atoms with van der Waals surface area (Å²) in [5.74, 6) is -1.49. The minimum atomic E-state index is -1.14. The van der Waals surface area contributed by atoms with Gasteiger partial charge in [-0.25, -0.2) is 4.79 Å². The van der Waals surface area contributed by atoms with Crippen molar-refractivity contribution in [3.63, 3.8) is 0 Å². The third kappa shape index (κ3) is 3.13. The predicted molar refractivity (Wildman–Crippen MR) is 85.5 cm³/mol. The van der Waals surface area contributed by atoms with Gasteiger partial charge >= 0.3 is 5.97 Å². The second-order valence-electron chi connectivity index (χ2n) is 4.87. The van der Waals surface area contributed by atoms with Crippen LogP contribution in [0.25, 0.3) is 11.1 Å². The molecule has 0 atom stereocenters. The summed E-state index contributed by atoms with van der Waals surface area (Å²) < 4.78 is 4.98. The molecule has 1 amide bonds. The maximum absolute atomic E-state index is 12.2. The molecule has 0 aliphatic rings. The molecular weight excluding hydrogens is 294 g/mol. The van der Waals surface area contributed by atoms with Crippen molar-refractivity contribution in [2.75, 3.05) is 5.32 Å². The number of hydrogen-bond acceptors (Lipinski definition) is 3. The van der Waals surface area contributed by atoms with E-state index in [-0.39, 0.29) is 11.7 Å². The number of carbonyl (C=O) groups is 2. The average molecular weight is 307 g/mol. The lowest BCUT2D eigenvalue weighted by Crippen LogP contribution is -2.11. The van der Waals surface area contributed by atoms with Crippen LogP contribution >= 0.6 is 0 Å². The second-order valence-corrected chi connectivity index (χ2v) is 4.87. The zero-order valence-electron chi connectivity index (χ0n) is 12.0. The van der Waals surface area contributed by atoms with Crippen LogP contribution in [0.2, 0.25) is 0 Å². The van der Waals surface area contributed by atoms with Crippen molar-refractivity contribution >= 4 is 17.6 Å². The SMILES string of the molecule is O=C(Nc1cccc(-c2ccoc2C(=O)O)c1)c1ccccc1. The van der Waals surface area contributed by atoms with Gasteiger partial charge in [-0.2, -0.15) is 0 Å². The zero-order valence-corrected chi connectivity index (χ0v) is 12.0. The van der Waals surface area contributed by atoms with Gasteiger partial charge in [-0.3, -0.25) is 4.79 Å². The summed E-state index contributed by atoms with van der Waals surface area (Å²) in [7, 11) is 0. The molecule has 0 saturated heterocycles. The zero-order chi connectivity index (χ0) is 16.2. The number of benzene rings is 2. The third-order valence-electron chi connectivity index (χ3n) is 3.33. The van der Waals surface area contributed by atoms with Crippen LogP contribution in [0, 0.1) is 0 Å². The van der Waals surface area contributed by atoms with Crippen LogP contribution in [-0.4, -0.2) is 17.0 Å². The number of carboxylic acids is 1. The summed E-state index contributed by atoms with van der Waals surface area (Å²) >= 11 is 0. The van der Waals surface area contributed by atoms with Gasteiger partial charge in [0, 0.05) is 16.8 Å².